The van der Waals surface area contributed by atoms with Gasteiger partial charge in [0.15, 0.2) is 33.7 Å². The fraction of sp³-hybridized carbons (Fsp3) is 0.242. The Labute approximate surface area is 846 Å². The molecule has 26 rings (SSSR count). The van der Waals surface area contributed by atoms with Gasteiger partial charge < -0.3 is 71.1 Å². The lowest BCUT2D eigenvalue weighted by atomic mass is 9.92. The smallest absolute Gasteiger partial charge is 0.227 e. The molecule has 0 N–H and O–H groups in total. The maximum Gasteiger partial charge on any atom is 0.227 e. The first-order chi connectivity index (χ1) is 70.1. The zero-order chi connectivity index (χ0) is 101. The largest absolute Gasteiger partial charge is 0.435 e. The number of aryl methyl sites for hydroxylation is 10. The predicted octanol–water partition coefficient (Wildman–Crippen LogP) is 32.2. The maximum atomic E-state index is 6.39. The van der Waals surface area contributed by atoms with E-state index in [1.165, 1.54) is 73.2 Å². The molecule has 5 aliphatic heterocycles. The molecule has 0 bridgehead atoms. The van der Waals surface area contributed by atoms with Crippen molar-refractivity contribution in [3.63, 3.8) is 0 Å². The second-order valence-corrected chi connectivity index (χ2v) is 40.1. The lowest BCUT2D eigenvalue weighted by Crippen LogP contribution is -2.42. The molecule has 5 unspecified atom stereocenters. The normalized spacial score (nSPS) is 16.4. The Morgan fingerprint density at radius 2 is 0.552 bits per heavy atom. The van der Waals surface area contributed by atoms with Gasteiger partial charge in [-0.15, -0.1) is 0 Å². The molecule has 0 saturated heterocycles. The van der Waals surface area contributed by atoms with Crippen LogP contribution in [0.15, 0.2) is 314 Å². The van der Waals surface area contributed by atoms with Crippen LogP contribution in [-0.2, 0) is 0 Å². The quantitative estimate of drug-likeness (QED) is 0.119. The SMILES string of the molecule is Cc1ccc2c(n1)oc1c(N3C=CN(c4c(C(C)C)cccc4C(C)C)C3C)c(C)ccc12.Cc1ccc2c(n1)oc1c(N3C=CN(c4ccccc4)C3C)c(C)ccc12.Cc1ccc2c(n1)oc1c(N3c4ccccc4N(C(C)C)C3C)c(C)ccc12.Cc1ccc2c(n1)oc1c(N3c4ccccc4N(c4ccccc4)C3C)c(C)ccc12.Cc1ccc2c(n1)oc1c(N3c4ncccc4N(C)C3C)c(C)ccc12. The molecule has 21 aromatic rings. The molecule has 11 aromatic heterocycles. The van der Waals surface area contributed by atoms with Crippen LogP contribution >= 0.6 is 0 Å². The van der Waals surface area contributed by atoms with Crippen molar-refractivity contribution in [3.05, 3.63) is 359 Å². The van der Waals surface area contributed by atoms with Gasteiger partial charge in [-0.2, -0.15) is 0 Å². The summed E-state index contributed by atoms with van der Waals surface area (Å²) in [7, 11) is 2.10. The molecular weight excluding hydrogens is 1790 g/mol. The minimum absolute atomic E-state index is 0.0898. The lowest BCUT2D eigenvalue weighted by Gasteiger charge is -2.34. The lowest BCUT2D eigenvalue weighted by molar-refractivity contribution is 0.601. The number of rotatable bonds is 11. The number of fused-ring (bicyclic) bond motifs is 18. The number of nitrogens with zero attached hydrogens (tertiary/aromatic N) is 16. The monoisotopic (exact) mass is 1910 g/mol. The van der Waals surface area contributed by atoms with Gasteiger partial charge in [-0.05, 0) is 290 Å². The van der Waals surface area contributed by atoms with Gasteiger partial charge in [-0.1, -0.05) is 167 Å². The van der Waals surface area contributed by atoms with Crippen LogP contribution in [0.5, 0.6) is 0 Å². The second kappa shape index (κ2) is 37.1. The fourth-order valence-electron chi connectivity index (χ4n) is 22.3. The fourth-order valence-corrected chi connectivity index (χ4v) is 22.3. The molecular formula is C124H122N16O5. The van der Waals surface area contributed by atoms with Crippen LogP contribution in [0.2, 0.25) is 0 Å². The third-order valence-electron chi connectivity index (χ3n) is 29.6. The van der Waals surface area contributed by atoms with Gasteiger partial charge in [-0.25, -0.2) is 29.9 Å². The maximum absolute atomic E-state index is 6.39. The van der Waals surface area contributed by atoms with E-state index in [9.17, 15) is 0 Å². The van der Waals surface area contributed by atoms with Crippen LogP contribution in [0, 0.1) is 69.2 Å². The van der Waals surface area contributed by atoms with Crippen LogP contribution in [0.1, 0.15) is 155 Å². The van der Waals surface area contributed by atoms with Crippen molar-refractivity contribution in [2.45, 2.75) is 194 Å². The molecule has 5 atom stereocenters. The van der Waals surface area contributed by atoms with E-state index in [1.807, 2.05) is 83.3 Å². The summed E-state index contributed by atoms with van der Waals surface area (Å²) in [5.41, 5.74) is 36.7. The summed E-state index contributed by atoms with van der Waals surface area (Å²) in [6, 6.07) is 91.8. The molecule has 21 nitrogen and oxygen atoms in total. The van der Waals surface area contributed by atoms with Crippen LogP contribution in [-0.4, -0.2) is 73.8 Å². The highest BCUT2D eigenvalue weighted by molar-refractivity contribution is 6.15. The number of hydrogen-bond acceptors (Lipinski definition) is 21. The molecule has 0 saturated carbocycles. The Hall–Kier alpha value is -16.4. The van der Waals surface area contributed by atoms with E-state index >= 15 is 0 Å². The summed E-state index contributed by atoms with van der Waals surface area (Å²) in [6.45, 7) is 45.5. The molecule has 728 valence electrons. The van der Waals surface area contributed by atoms with Crippen molar-refractivity contribution in [1.82, 2.24) is 29.9 Å². The molecule has 0 fully saturated rings. The molecule has 0 aliphatic carbocycles. The molecule has 145 heavy (non-hydrogen) atoms. The predicted molar refractivity (Wildman–Crippen MR) is 600 cm³/mol. The van der Waals surface area contributed by atoms with E-state index in [1.54, 1.807) is 0 Å². The van der Waals surface area contributed by atoms with Crippen molar-refractivity contribution in [2.24, 2.45) is 0 Å². The molecule has 0 amide bonds. The number of anilines is 14. The topological polar surface area (TPSA) is 175 Å². The summed E-state index contributed by atoms with van der Waals surface area (Å²) in [5, 5.41) is 10.8. The number of benzene rings is 10. The third-order valence-corrected chi connectivity index (χ3v) is 29.6. The average molecular weight is 1920 g/mol. The Morgan fingerprint density at radius 1 is 0.248 bits per heavy atom. The van der Waals surface area contributed by atoms with E-state index < -0.39 is 0 Å². The van der Waals surface area contributed by atoms with Crippen LogP contribution in [0.25, 0.3) is 110 Å². The first-order valence-electron chi connectivity index (χ1n) is 50.6. The third kappa shape index (κ3) is 16.0. The molecule has 16 heterocycles. The average Bonchev–Trinajstić information content (AvgIpc) is 1.59. The zero-order valence-corrected chi connectivity index (χ0v) is 86.5. The number of furan rings is 5. The van der Waals surface area contributed by atoms with Gasteiger partial charge >= 0.3 is 0 Å². The van der Waals surface area contributed by atoms with E-state index in [0.29, 0.717) is 46.4 Å². The van der Waals surface area contributed by atoms with E-state index in [4.69, 9.17) is 22.1 Å². The van der Waals surface area contributed by atoms with E-state index in [-0.39, 0.29) is 30.8 Å². The number of pyridine rings is 6. The summed E-state index contributed by atoms with van der Waals surface area (Å²) < 4.78 is 31.6. The van der Waals surface area contributed by atoms with Crippen molar-refractivity contribution >= 4 is 190 Å². The first-order valence-corrected chi connectivity index (χ1v) is 50.6. The highest BCUT2D eigenvalue weighted by atomic mass is 16.4. The minimum Gasteiger partial charge on any atom is -0.435 e. The Kier molecular flexibility index (Phi) is 24.0. The van der Waals surface area contributed by atoms with Crippen molar-refractivity contribution in [1.29, 1.82) is 0 Å². The van der Waals surface area contributed by atoms with Gasteiger partial charge in [0.1, 0.15) is 30.8 Å². The van der Waals surface area contributed by atoms with E-state index in [2.05, 4.69) is 440 Å². The van der Waals surface area contributed by atoms with Crippen molar-refractivity contribution < 1.29 is 22.1 Å². The van der Waals surface area contributed by atoms with Gasteiger partial charge in [0, 0.05) is 143 Å². The summed E-state index contributed by atoms with van der Waals surface area (Å²) in [4.78, 5) is 51.2. The van der Waals surface area contributed by atoms with Crippen molar-refractivity contribution in [2.75, 3.05) is 56.0 Å². The van der Waals surface area contributed by atoms with E-state index in [0.717, 1.165) is 156 Å². The number of hydrogen-bond donors (Lipinski definition) is 0. The van der Waals surface area contributed by atoms with Gasteiger partial charge in [0.25, 0.3) is 0 Å². The first kappa shape index (κ1) is 93.5. The van der Waals surface area contributed by atoms with Crippen LogP contribution < -0.4 is 49.0 Å². The van der Waals surface area contributed by atoms with Crippen LogP contribution in [0.4, 0.5) is 79.8 Å². The number of para-hydroxylation sites is 7. The van der Waals surface area contributed by atoms with Gasteiger partial charge in [-0.3, -0.25) is 0 Å². The summed E-state index contributed by atoms with van der Waals surface area (Å²) in [5.74, 6) is 1.86. The summed E-state index contributed by atoms with van der Waals surface area (Å²) in [6.07, 6.45) is 11.2. The standard InChI is InChI=1S/C29H33N3O.C27H23N3O.C24H25N3O.C23H21N3O.C21H20N4O/c1-17(2)22-9-8-10-23(18(3)4)27(22)32-16-15-31(21(32)7)26-19(5)11-13-24-25-14-12-20(6)30-29(25)33-28(24)26;1-17-13-15-21-22-16-14-18(2)28-27(22)31-26(21)25(17)30-19(3)29(20-9-5-4-6-10-20)23-11-7-8-12-24(23)30;1-14(2)26-17(5)27(21-9-7-6-8-20(21)26)22-15(3)10-12-18-19-13-11-16(4)25-24(19)28-23(18)22;1-15-9-11-19-20-12-10-16(2)24-23(20)27-22(19)21(15)26-14-13-25(17(26)3)18-7-5-4-6-8-18;1-12-7-9-15-16-10-8-13(2)23-21(16)26-19(15)18(12)25-14(3)24(4)17-6-5-11-22-20(17)25/h8-18,21H,1-7H3;4-16,19H,1-3H3;6-14,17H,1-5H3;4-14,17H,1-3H3;5-11,14H,1-4H3. The van der Waals surface area contributed by atoms with Gasteiger partial charge in [0.2, 0.25) is 28.6 Å². The summed E-state index contributed by atoms with van der Waals surface area (Å²) >= 11 is 0. The molecule has 10 aromatic carbocycles. The Bertz CT molecular complexity index is 8660. The van der Waals surface area contributed by atoms with Gasteiger partial charge in [0.05, 0.1) is 56.9 Å². The molecule has 21 heteroatoms. The minimum atomic E-state index is 0.0898. The Balaban J connectivity index is 0.000000104. The molecule has 5 aliphatic rings. The molecule has 0 spiro atoms. The number of aromatic nitrogens is 6. The zero-order valence-electron chi connectivity index (χ0n) is 86.5. The van der Waals surface area contributed by atoms with Crippen molar-refractivity contribution in [3.8, 4) is 0 Å². The second-order valence-electron chi connectivity index (χ2n) is 40.1. The molecule has 0 radical (unpaired) electrons. The highest BCUT2D eigenvalue weighted by Crippen LogP contribution is 2.55. The highest BCUT2D eigenvalue weighted by Gasteiger charge is 2.42. The van der Waals surface area contributed by atoms with Crippen LogP contribution in [0.3, 0.4) is 0 Å². The Morgan fingerprint density at radius 3 is 0.938 bits per heavy atom.